The molecule has 9 nitrogen and oxygen atoms in total. The Morgan fingerprint density at radius 1 is 1.13 bits per heavy atom. The van der Waals surface area contributed by atoms with Crippen LogP contribution in [0.3, 0.4) is 0 Å². The van der Waals surface area contributed by atoms with Crippen molar-refractivity contribution in [2.75, 3.05) is 64.0 Å². The van der Waals surface area contributed by atoms with Crippen molar-refractivity contribution in [1.82, 2.24) is 20.2 Å². The summed E-state index contributed by atoms with van der Waals surface area (Å²) in [6.07, 6.45) is 0.209. The van der Waals surface area contributed by atoms with Crippen LogP contribution in [0.2, 0.25) is 0 Å². The lowest BCUT2D eigenvalue weighted by Crippen LogP contribution is -2.47. The van der Waals surface area contributed by atoms with Crippen molar-refractivity contribution in [3.05, 3.63) is 53.0 Å². The van der Waals surface area contributed by atoms with E-state index in [1.807, 2.05) is 22.1 Å². The third kappa shape index (κ3) is 6.86. The molecule has 3 aliphatic rings. The normalized spacial score (nSPS) is 21.5. The maximum Gasteiger partial charge on any atom is 0.422 e. The summed E-state index contributed by atoms with van der Waals surface area (Å²) in [4.78, 5) is 31.8. The van der Waals surface area contributed by atoms with E-state index in [4.69, 9.17) is 4.74 Å². The number of ether oxygens (including phenoxy) is 1. The van der Waals surface area contributed by atoms with E-state index < -0.39 is 24.6 Å². The molecule has 3 heterocycles. The second-order valence-corrected chi connectivity index (χ2v) is 9.71. The van der Waals surface area contributed by atoms with Crippen LogP contribution in [0.5, 0.6) is 5.75 Å². The van der Waals surface area contributed by atoms with Crippen molar-refractivity contribution in [2.24, 2.45) is 5.92 Å². The van der Waals surface area contributed by atoms with Gasteiger partial charge in [-0.3, -0.25) is 19.8 Å². The molecule has 0 saturated carbocycles. The van der Waals surface area contributed by atoms with E-state index in [0.29, 0.717) is 68.6 Å². The van der Waals surface area contributed by atoms with Gasteiger partial charge in [-0.1, -0.05) is 18.2 Å². The number of piperazine rings is 1. The number of anilines is 1. The number of alkyl halides is 3. The molecular weight excluding hydrogens is 503 g/mol. The first kappa shape index (κ1) is 27.9. The highest BCUT2D eigenvalue weighted by Crippen LogP contribution is 2.31. The first-order chi connectivity index (χ1) is 18.1. The van der Waals surface area contributed by atoms with Crippen molar-refractivity contribution >= 4 is 17.4 Å². The molecular formula is C26H33F3N5O4-. The first-order valence-corrected chi connectivity index (χ1v) is 12.8. The summed E-state index contributed by atoms with van der Waals surface area (Å²) in [6.45, 7) is 4.93. The number of nitrogens with zero attached hydrogens (tertiary/aromatic N) is 4. The Morgan fingerprint density at radius 3 is 2.55 bits per heavy atom. The van der Waals surface area contributed by atoms with Crippen molar-refractivity contribution in [1.29, 1.82) is 0 Å². The second-order valence-electron chi connectivity index (χ2n) is 9.71. The van der Waals surface area contributed by atoms with Gasteiger partial charge in [-0.05, 0) is 44.6 Å². The lowest BCUT2D eigenvalue weighted by Gasteiger charge is -2.41. The van der Waals surface area contributed by atoms with Crippen molar-refractivity contribution in [2.45, 2.75) is 25.9 Å². The van der Waals surface area contributed by atoms with Gasteiger partial charge in [0.2, 0.25) is 5.91 Å². The molecule has 1 aromatic rings. The minimum Gasteiger partial charge on any atom is -0.752 e. The molecule has 1 unspecified atom stereocenters. The zero-order valence-electron chi connectivity index (χ0n) is 21.4. The van der Waals surface area contributed by atoms with Crippen LogP contribution in [0.25, 0.3) is 0 Å². The Hall–Kier alpha value is -3.09. The number of carbonyl (C=O) groups is 2. The molecule has 38 heavy (non-hydrogen) atoms. The molecule has 0 spiro atoms. The number of hydroxylamine groups is 2. The molecule has 1 fully saturated rings. The predicted octanol–water partition coefficient (Wildman–Crippen LogP) is 2.71. The van der Waals surface area contributed by atoms with Crippen LogP contribution in [0, 0.1) is 11.1 Å². The van der Waals surface area contributed by atoms with E-state index in [0.717, 1.165) is 6.54 Å². The van der Waals surface area contributed by atoms with Gasteiger partial charge >= 0.3 is 6.18 Å². The lowest BCUT2D eigenvalue weighted by molar-refractivity contribution is -0.153. The topological polar surface area (TPSA) is 91.4 Å². The maximum absolute atomic E-state index is 13.0. The number of hydrogen-bond acceptors (Lipinski definition) is 8. The summed E-state index contributed by atoms with van der Waals surface area (Å²) in [5.74, 6) is -1.76. The quantitative estimate of drug-likeness (QED) is 0.482. The third-order valence-corrected chi connectivity index (χ3v) is 7.05. The lowest BCUT2D eigenvalue weighted by atomic mass is 9.88. The third-order valence-electron chi connectivity index (χ3n) is 7.05. The van der Waals surface area contributed by atoms with E-state index in [1.165, 1.54) is 6.07 Å². The van der Waals surface area contributed by atoms with Gasteiger partial charge in [-0.15, -0.1) is 0 Å². The van der Waals surface area contributed by atoms with Gasteiger partial charge in [0.1, 0.15) is 11.7 Å². The summed E-state index contributed by atoms with van der Waals surface area (Å²) in [5.41, 5.74) is 1.16. The average Bonchev–Trinajstić information content (AvgIpc) is 2.91. The summed E-state index contributed by atoms with van der Waals surface area (Å²) < 4.78 is 42.8. The molecule has 0 aliphatic carbocycles. The number of halogens is 3. The van der Waals surface area contributed by atoms with Crippen molar-refractivity contribution in [3.8, 4) is 5.75 Å². The highest BCUT2D eigenvalue weighted by Gasteiger charge is 2.36. The van der Waals surface area contributed by atoms with Crippen LogP contribution in [0.1, 0.15) is 19.8 Å². The van der Waals surface area contributed by atoms with E-state index in [9.17, 15) is 28.0 Å². The Morgan fingerprint density at radius 2 is 1.87 bits per heavy atom. The largest absolute Gasteiger partial charge is 0.752 e. The van der Waals surface area contributed by atoms with Gasteiger partial charge in [-0.25, -0.2) is 0 Å². The van der Waals surface area contributed by atoms with Crippen LogP contribution >= 0.6 is 0 Å². The number of allylic oxidation sites excluding steroid dienone is 1. The maximum atomic E-state index is 13.0. The van der Waals surface area contributed by atoms with Crippen molar-refractivity contribution < 1.29 is 27.5 Å². The molecule has 3 aliphatic heterocycles. The highest BCUT2D eigenvalue weighted by molar-refractivity contribution is 6.13. The first-order valence-electron chi connectivity index (χ1n) is 12.8. The van der Waals surface area contributed by atoms with Gasteiger partial charge in [0.05, 0.1) is 18.9 Å². The number of nitrogens with one attached hydrogen (secondary N) is 1. The molecule has 12 heteroatoms. The van der Waals surface area contributed by atoms with Crippen LogP contribution in [0.4, 0.5) is 18.9 Å². The van der Waals surface area contributed by atoms with Crippen LogP contribution < -0.4 is 15.0 Å². The van der Waals surface area contributed by atoms with E-state index >= 15 is 0 Å². The number of benzene rings is 1. The van der Waals surface area contributed by atoms with Gasteiger partial charge in [0.15, 0.2) is 12.4 Å². The van der Waals surface area contributed by atoms with Crippen LogP contribution in [-0.4, -0.2) is 91.8 Å². The standard InChI is InChI=1S/C26H33F3N5O4/c1-19-22(16-32-11-5-9-30-18-32)34(37)25(36)20(24(19)35)6-4-10-31-12-14-33(15-13-31)21-7-2-3-8-23(21)38-17-26(27,28)29/h2-3,5,7-8,11,20,30H,4,6,9-10,12-18H2,1H3/q-1. The number of ketones is 1. The Labute approximate surface area is 220 Å². The Balaban J connectivity index is 1.27. The fraction of sp³-hybridized carbons (Fsp3) is 0.538. The summed E-state index contributed by atoms with van der Waals surface area (Å²) in [7, 11) is 0. The summed E-state index contributed by atoms with van der Waals surface area (Å²) in [6, 6.07) is 6.69. The molecule has 1 aromatic carbocycles. The van der Waals surface area contributed by atoms with E-state index in [2.05, 4.69) is 10.2 Å². The van der Waals surface area contributed by atoms with Crippen LogP contribution in [0.15, 0.2) is 47.8 Å². The summed E-state index contributed by atoms with van der Waals surface area (Å²) >= 11 is 0. The van der Waals surface area contributed by atoms with Gasteiger partial charge in [-0.2, -0.15) is 13.2 Å². The second kappa shape index (κ2) is 12.2. The predicted molar refractivity (Wildman–Crippen MR) is 136 cm³/mol. The fourth-order valence-electron chi connectivity index (χ4n) is 4.96. The SMILES string of the molecule is CC1=C(CN2C=CCNC2)N([O-])C(=O)C(CCCN2CCN(c3ccccc3OCC(F)(F)F)CC2)C1=O. The monoisotopic (exact) mass is 536 g/mol. The highest BCUT2D eigenvalue weighted by atomic mass is 19.4. The van der Waals surface area contributed by atoms with Gasteiger partial charge in [0.25, 0.3) is 0 Å². The zero-order chi connectivity index (χ0) is 27.3. The van der Waals surface area contributed by atoms with Gasteiger partial charge < -0.3 is 24.8 Å². The molecule has 1 saturated heterocycles. The summed E-state index contributed by atoms with van der Waals surface area (Å²) in [5, 5.41) is 16.3. The molecule has 0 bridgehead atoms. The molecule has 208 valence electrons. The van der Waals surface area contributed by atoms with E-state index in [-0.39, 0.29) is 23.8 Å². The number of para-hydroxylation sites is 2. The smallest absolute Gasteiger partial charge is 0.422 e. The minimum absolute atomic E-state index is 0.192. The molecule has 0 radical (unpaired) electrons. The molecule has 1 amide bonds. The number of carbonyl (C=O) groups excluding carboxylic acids is 2. The number of hydrogen-bond donors (Lipinski definition) is 1. The Kier molecular flexibility index (Phi) is 8.95. The van der Waals surface area contributed by atoms with Crippen molar-refractivity contribution in [3.63, 3.8) is 0 Å². The molecule has 4 rings (SSSR count). The average molecular weight is 537 g/mol. The van der Waals surface area contributed by atoms with Crippen LogP contribution in [-0.2, 0) is 9.59 Å². The van der Waals surface area contributed by atoms with E-state index in [1.54, 1.807) is 25.1 Å². The Bertz CT molecular complexity index is 1070. The molecule has 1 N–H and O–H groups in total. The zero-order valence-corrected chi connectivity index (χ0v) is 21.4. The number of Topliss-reactive ketones (excluding diaryl/α,β-unsaturated/α-hetero) is 1. The number of amides is 1. The molecule has 1 atom stereocenters. The van der Waals surface area contributed by atoms with Gasteiger partial charge in [0, 0.05) is 44.0 Å². The fourth-order valence-corrected chi connectivity index (χ4v) is 4.96. The minimum atomic E-state index is -4.41. The number of rotatable bonds is 9. The molecule has 0 aromatic heterocycles.